The molecule has 0 aliphatic rings. The van der Waals surface area contributed by atoms with E-state index in [9.17, 15) is 0 Å². The summed E-state index contributed by atoms with van der Waals surface area (Å²) in [4.78, 5) is 0. The molecule has 0 aliphatic heterocycles. The van der Waals surface area contributed by atoms with Gasteiger partial charge in [-0.15, -0.1) is 10.2 Å². The molecule has 1 atom stereocenters. The molecular weight excluding hydrogens is 168 g/mol. The van der Waals surface area contributed by atoms with Crippen molar-refractivity contribution >= 4 is 5.95 Å². The van der Waals surface area contributed by atoms with E-state index < -0.39 is 0 Å². The predicted octanol–water partition coefficient (Wildman–Crippen LogP) is -0.236. The maximum atomic E-state index is 5.84. The highest BCUT2D eigenvalue weighted by Crippen LogP contribution is 2.14. The number of aromatic nitrogens is 3. The fraction of sp³-hybridized carbons (Fsp3) is 0.714. The third kappa shape index (κ3) is 2.09. The molecule has 74 valence electrons. The first-order valence-corrected chi connectivity index (χ1v) is 4.38. The molecule has 1 aromatic rings. The number of hydrogen-bond donors (Lipinski definition) is 3. The second-order valence-electron chi connectivity index (χ2n) is 3.04. The summed E-state index contributed by atoms with van der Waals surface area (Å²) in [5.41, 5.74) is 11.3. The van der Waals surface area contributed by atoms with E-state index in [4.69, 9.17) is 17.3 Å². The van der Waals surface area contributed by atoms with Crippen LogP contribution in [-0.2, 0) is 0 Å². The monoisotopic (exact) mass is 184 g/mol. The summed E-state index contributed by atoms with van der Waals surface area (Å²) < 4.78 is 1.24. The number of nitrogens with zero attached hydrogens (tertiary/aromatic N) is 3. The minimum Gasteiger partial charge on any atom is -0.366 e. The molecule has 1 unspecified atom stereocenters. The normalized spacial score (nSPS) is 13.1. The van der Waals surface area contributed by atoms with Crippen LogP contribution >= 0.6 is 0 Å². The fourth-order valence-electron chi connectivity index (χ4n) is 1.12. The Morgan fingerprint density at radius 2 is 2.15 bits per heavy atom. The lowest BCUT2D eigenvalue weighted by Crippen LogP contribution is -2.22. The molecule has 0 saturated carbocycles. The summed E-state index contributed by atoms with van der Waals surface area (Å²) in [5, 5.41) is 7.44. The van der Waals surface area contributed by atoms with Gasteiger partial charge >= 0.3 is 0 Å². The Morgan fingerprint density at radius 3 is 2.62 bits per heavy atom. The van der Waals surface area contributed by atoms with Crippen LogP contribution in [0.15, 0.2) is 0 Å². The number of hydrogen-bond acceptors (Lipinski definition) is 5. The van der Waals surface area contributed by atoms with Gasteiger partial charge in [0.15, 0.2) is 5.82 Å². The van der Waals surface area contributed by atoms with Crippen LogP contribution in [-0.4, -0.2) is 14.9 Å². The summed E-state index contributed by atoms with van der Waals surface area (Å²) in [5.74, 6) is 6.31. The first-order valence-electron chi connectivity index (χ1n) is 4.38. The van der Waals surface area contributed by atoms with Crippen LogP contribution in [0.3, 0.4) is 0 Å². The molecule has 0 amide bonds. The lowest BCUT2D eigenvalue weighted by atomic mass is 10.1. The molecule has 1 aromatic heterocycles. The molecule has 1 rings (SSSR count). The molecule has 6 N–H and O–H groups in total. The first-order chi connectivity index (χ1) is 6.16. The summed E-state index contributed by atoms with van der Waals surface area (Å²) in [6, 6.07) is -0.172. The van der Waals surface area contributed by atoms with E-state index in [0.717, 1.165) is 19.3 Å². The predicted molar refractivity (Wildman–Crippen MR) is 51.0 cm³/mol. The minimum absolute atomic E-state index is 0.172. The van der Waals surface area contributed by atoms with Crippen molar-refractivity contribution in [3.05, 3.63) is 5.82 Å². The zero-order valence-corrected chi connectivity index (χ0v) is 7.77. The highest BCUT2D eigenvalue weighted by molar-refractivity contribution is 5.18. The maximum absolute atomic E-state index is 5.84. The zero-order valence-electron chi connectivity index (χ0n) is 7.77. The Hall–Kier alpha value is -1.30. The second-order valence-corrected chi connectivity index (χ2v) is 3.04. The Labute approximate surface area is 77.1 Å². The molecule has 0 saturated heterocycles. The van der Waals surface area contributed by atoms with Crippen molar-refractivity contribution in [1.29, 1.82) is 0 Å². The van der Waals surface area contributed by atoms with Crippen molar-refractivity contribution in [2.45, 2.75) is 32.2 Å². The number of nitrogen functional groups attached to an aromatic ring is 2. The average Bonchev–Trinajstić information content (AvgIpc) is 2.44. The number of unbranched alkanes of at least 4 members (excludes halogenated alkanes) is 1. The number of rotatable bonds is 4. The smallest absolute Gasteiger partial charge is 0.240 e. The van der Waals surface area contributed by atoms with Gasteiger partial charge in [0.1, 0.15) is 0 Å². The van der Waals surface area contributed by atoms with Crippen LogP contribution in [0.2, 0.25) is 0 Å². The lowest BCUT2D eigenvalue weighted by molar-refractivity contribution is 0.562. The van der Waals surface area contributed by atoms with E-state index in [-0.39, 0.29) is 12.0 Å². The molecule has 1 heterocycles. The van der Waals surface area contributed by atoms with Gasteiger partial charge in [-0.3, -0.25) is 0 Å². The van der Waals surface area contributed by atoms with Gasteiger partial charge in [0.2, 0.25) is 5.95 Å². The molecule has 0 radical (unpaired) electrons. The van der Waals surface area contributed by atoms with Gasteiger partial charge in [0, 0.05) is 0 Å². The van der Waals surface area contributed by atoms with E-state index in [1.165, 1.54) is 4.68 Å². The summed E-state index contributed by atoms with van der Waals surface area (Å²) in [6.07, 6.45) is 3.00. The van der Waals surface area contributed by atoms with Gasteiger partial charge in [-0.25, -0.2) is 4.68 Å². The van der Waals surface area contributed by atoms with Gasteiger partial charge in [-0.2, -0.15) is 0 Å². The molecular formula is C7H16N6. The van der Waals surface area contributed by atoms with Crippen LogP contribution in [0.4, 0.5) is 5.95 Å². The van der Waals surface area contributed by atoms with Crippen molar-refractivity contribution in [2.24, 2.45) is 5.73 Å². The molecule has 0 bridgehead atoms. The molecule has 0 spiro atoms. The lowest BCUT2D eigenvalue weighted by Gasteiger charge is -2.09. The van der Waals surface area contributed by atoms with Gasteiger partial charge in [-0.1, -0.05) is 19.8 Å². The van der Waals surface area contributed by atoms with E-state index in [0.29, 0.717) is 5.82 Å². The minimum atomic E-state index is -0.172. The molecule has 0 aliphatic carbocycles. The largest absolute Gasteiger partial charge is 0.366 e. The Bertz CT molecular complexity index is 268. The SMILES string of the molecule is CCCCC(N)c1nnc(N)n1N. The van der Waals surface area contributed by atoms with Crippen molar-refractivity contribution in [1.82, 2.24) is 14.9 Å². The number of anilines is 1. The quantitative estimate of drug-likeness (QED) is 0.560. The number of nitrogens with two attached hydrogens (primary N) is 3. The van der Waals surface area contributed by atoms with E-state index in [1.54, 1.807) is 0 Å². The standard InChI is InChI=1S/C7H16N6/c1-2-3-4-5(8)6-11-12-7(9)13(6)10/h5H,2-4,8,10H2,1H3,(H2,9,12). The average molecular weight is 184 g/mol. The van der Waals surface area contributed by atoms with Gasteiger partial charge < -0.3 is 17.3 Å². The first kappa shape index (κ1) is 9.79. The Kier molecular flexibility index (Phi) is 3.07. The topological polar surface area (TPSA) is 109 Å². The molecule has 13 heavy (non-hydrogen) atoms. The van der Waals surface area contributed by atoms with Crippen molar-refractivity contribution in [3.63, 3.8) is 0 Å². The summed E-state index contributed by atoms with van der Waals surface area (Å²) in [7, 11) is 0. The van der Waals surface area contributed by atoms with E-state index in [2.05, 4.69) is 17.1 Å². The summed E-state index contributed by atoms with van der Waals surface area (Å²) >= 11 is 0. The van der Waals surface area contributed by atoms with Gasteiger partial charge in [-0.05, 0) is 6.42 Å². The van der Waals surface area contributed by atoms with Crippen LogP contribution in [0, 0.1) is 0 Å². The fourth-order valence-corrected chi connectivity index (χ4v) is 1.12. The highest BCUT2D eigenvalue weighted by Gasteiger charge is 2.14. The van der Waals surface area contributed by atoms with Crippen molar-refractivity contribution in [2.75, 3.05) is 11.6 Å². The second kappa shape index (κ2) is 4.08. The maximum Gasteiger partial charge on any atom is 0.240 e. The van der Waals surface area contributed by atoms with Gasteiger partial charge in [0.05, 0.1) is 6.04 Å². The Balaban J connectivity index is 2.65. The third-order valence-electron chi connectivity index (χ3n) is 1.95. The molecule has 0 fully saturated rings. The molecule has 6 nitrogen and oxygen atoms in total. The van der Waals surface area contributed by atoms with Crippen LogP contribution in [0.25, 0.3) is 0 Å². The Morgan fingerprint density at radius 1 is 1.46 bits per heavy atom. The summed E-state index contributed by atoms with van der Waals surface area (Å²) in [6.45, 7) is 2.11. The zero-order chi connectivity index (χ0) is 9.84. The highest BCUT2D eigenvalue weighted by atomic mass is 15.4. The van der Waals surface area contributed by atoms with E-state index in [1.807, 2.05) is 0 Å². The molecule has 0 aromatic carbocycles. The van der Waals surface area contributed by atoms with Crippen LogP contribution in [0.1, 0.15) is 38.1 Å². The third-order valence-corrected chi connectivity index (χ3v) is 1.95. The van der Waals surface area contributed by atoms with Crippen LogP contribution < -0.4 is 17.3 Å². The van der Waals surface area contributed by atoms with Crippen LogP contribution in [0.5, 0.6) is 0 Å². The van der Waals surface area contributed by atoms with Gasteiger partial charge in [0.25, 0.3) is 0 Å². The van der Waals surface area contributed by atoms with Crippen molar-refractivity contribution < 1.29 is 0 Å². The van der Waals surface area contributed by atoms with Crippen molar-refractivity contribution in [3.8, 4) is 0 Å². The van der Waals surface area contributed by atoms with E-state index >= 15 is 0 Å². The molecule has 6 heteroatoms.